The normalized spacial score (nSPS) is 12.3. The van der Waals surface area contributed by atoms with Crippen molar-refractivity contribution in [3.63, 3.8) is 0 Å². The van der Waals surface area contributed by atoms with E-state index in [4.69, 9.17) is 4.42 Å². The van der Waals surface area contributed by atoms with Crippen molar-refractivity contribution in [3.8, 4) is 0 Å². The van der Waals surface area contributed by atoms with Gasteiger partial charge in [-0.25, -0.2) is 13.2 Å². The minimum atomic E-state index is -3.29. The molecule has 0 saturated heterocycles. The number of fused-ring (bicyclic) bond motifs is 1. The van der Waals surface area contributed by atoms with Crippen LogP contribution in [0.4, 0.5) is 0 Å². The third-order valence-corrected chi connectivity index (χ3v) is 7.55. The van der Waals surface area contributed by atoms with Crippen molar-refractivity contribution in [3.05, 3.63) is 81.2 Å². The van der Waals surface area contributed by atoms with Crippen LogP contribution in [0.5, 0.6) is 0 Å². The number of hydrogen-bond acceptors (Lipinski definition) is 5. The van der Waals surface area contributed by atoms with Gasteiger partial charge in [-0.15, -0.1) is 0 Å². The molecule has 6 heteroatoms. The molecule has 0 amide bonds. The Kier molecular flexibility index (Phi) is 5.50. The Labute approximate surface area is 170 Å². The molecular weight excluding hydrogens is 388 g/mol. The number of rotatable bonds is 5. The molecule has 152 valence electrons. The van der Waals surface area contributed by atoms with Gasteiger partial charge in [0.2, 0.25) is 0 Å². The minimum Gasteiger partial charge on any atom is -0.423 e. The van der Waals surface area contributed by atoms with E-state index in [9.17, 15) is 18.0 Å². The van der Waals surface area contributed by atoms with E-state index in [-0.39, 0.29) is 18.0 Å². The Morgan fingerprint density at radius 2 is 1.72 bits per heavy atom. The van der Waals surface area contributed by atoms with Crippen molar-refractivity contribution in [1.29, 1.82) is 0 Å². The maximum atomic E-state index is 12.7. The molecular formula is C23H24O5S. The van der Waals surface area contributed by atoms with Gasteiger partial charge in [0.15, 0.2) is 15.6 Å². The molecule has 5 nitrogen and oxygen atoms in total. The fourth-order valence-corrected chi connectivity index (χ4v) is 4.14. The zero-order valence-electron chi connectivity index (χ0n) is 17.0. The van der Waals surface area contributed by atoms with Crippen LogP contribution in [0.25, 0.3) is 11.0 Å². The summed E-state index contributed by atoms with van der Waals surface area (Å²) in [5, 5.41) is 0.758. The second-order valence-electron chi connectivity index (χ2n) is 8.24. The van der Waals surface area contributed by atoms with E-state index >= 15 is 0 Å². The summed E-state index contributed by atoms with van der Waals surface area (Å²) >= 11 is 0. The molecule has 0 unspecified atom stereocenters. The Morgan fingerprint density at radius 1 is 1.00 bits per heavy atom. The largest absolute Gasteiger partial charge is 0.423 e. The fourth-order valence-electron chi connectivity index (χ4n) is 2.97. The lowest BCUT2D eigenvalue weighted by atomic mass is 9.99. The van der Waals surface area contributed by atoms with Crippen molar-refractivity contribution in [1.82, 2.24) is 0 Å². The number of sulfone groups is 1. The molecule has 0 radical (unpaired) electrons. The number of ketones is 1. The van der Waals surface area contributed by atoms with E-state index in [1.54, 1.807) is 57.2 Å². The lowest BCUT2D eigenvalue weighted by Gasteiger charge is -2.20. The van der Waals surface area contributed by atoms with Crippen LogP contribution in [0.15, 0.2) is 57.7 Å². The zero-order chi connectivity index (χ0) is 21.4. The summed E-state index contributed by atoms with van der Waals surface area (Å²) in [7, 11) is -3.29. The summed E-state index contributed by atoms with van der Waals surface area (Å²) in [6.45, 7) is 6.88. The minimum absolute atomic E-state index is 0.0489. The molecule has 0 aliphatic heterocycles. The van der Waals surface area contributed by atoms with E-state index in [1.165, 1.54) is 6.07 Å². The highest BCUT2D eigenvalue weighted by molar-refractivity contribution is 7.91. The number of Topliss-reactive ketones (excluding diaryl/α,β-unsaturated/α-hetero) is 1. The summed E-state index contributed by atoms with van der Waals surface area (Å²) in [4.78, 5) is 24.0. The molecule has 0 bridgehead atoms. The van der Waals surface area contributed by atoms with Gasteiger partial charge < -0.3 is 4.42 Å². The monoisotopic (exact) mass is 412 g/mol. The molecule has 0 fully saturated rings. The molecule has 3 rings (SSSR count). The SMILES string of the molecule is Cc1cc(C(=O)Cc2ccc3oc(=O)ccc3c2)ccc1CS(=O)(=O)C(C)(C)C. The number of carbonyl (C=O) groups is 1. The third-order valence-electron chi connectivity index (χ3n) is 4.99. The highest BCUT2D eigenvalue weighted by atomic mass is 32.2. The zero-order valence-corrected chi connectivity index (χ0v) is 17.8. The molecule has 1 aromatic heterocycles. The fraction of sp³-hybridized carbons (Fsp3) is 0.304. The van der Waals surface area contributed by atoms with Gasteiger partial charge in [0, 0.05) is 23.4 Å². The number of carbonyl (C=O) groups excluding carboxylic acids is 1. The highest BCUT2D eigenvalue weighted by Crippen LogP contribution is 2.23. The van der Waals surface area contributed by atoms with E-state index in [0.29, 0.717) is 16.7 Å². The van der Waals surface area contributed by atoms with E-state index in [1.807, 2.05) is 13.0 Å². The van der Waals surface area contributed by atoms with Crippen molar-refractivity contribution < 1.29 is 17.6 Å². The van der Waals surface area contributed by atoms with Gasteiger partial charge >= 0.3 is 5.63 Å². The number of hydrogen-bond donors (Lipinski definition) is 0. The molecule has 0 atom stereocenters. The molecule has 29 heavy (non-hydrogen) atoms. The van der Waals surface area contributed by atoms with Crippen molar-refractivity contribution in [2.24, 2.45) is 0 Å². The van der Waals surface area contributed by atoms with Crippen LogP contribution in [0, 0.1) is 6.92 Å². The average molecular weight is 413 g/mol. The van der Waals surface area contributed by atoms with Crippen LogP contribution in [0.2, 0.25) is 0 Å². The van der Waals surface area contributed by atoms with Crippen LogP contribution in [0.1, 0.15) is 47.8 Å². The molecule has 0 aliphatic rings. The molecule has 0 aliphatic carbocycles. The Hall–Kier alpha value is -2.73. The Balaban J connectivity index is 1.81. The molecule has 2 aromatic carbocycles. The third kappa shape index (κ3) is 4.65. The first kappa shape index (κ1) is 21.0. The van der Waals surface area contributed by atoms with Gasteiger partial charge in [0.05, 0.1) is 10.5 Å². The smallest absolute Gasteiger partial charge is 0.336 e. The average Bonchev–Trinajstić information content (AvgIpc) is 2.62. The topological polar surface area (TPSA) is 81.4 Å². The quantitative estimate of drug-likeness (QED) is 0.462. The second kappa shape index (κ2) is 7.59. The van der Waals surface area contributed by atoms with Gasteiger partial charge in [-0.2, -0.15) is 0 Å². The van der Waals surface area contributed by atoms with Gasteiger partial charge in [-0.3, -0.25) is 4.79 Å². The second-order valence-corrected chi connectivity index (χ2v) is 11.0. The van der Waals surface area contributed by atoms with Gasteiger partial charge in [-0.1, -0.05) is 18.2 Å². The summed E-state index contributed by atoms with van der Waals surface area (Å²) < 4.78 is 29.2. The summed E-state index contributed by atoms with van der Waals surface area (Å²) in [5.41, 5.74) is 2.91. The Morgan fingerprint density at radius 3 is 2.38 bits per heavy atom. The summed E-state index contributed by atoms with van der Waals surface area (Å²) in [6, 6.07) is 13.4. The maximum Gasteiger partial charge on any atom is 0.336 e. The van der Waals surface area contributed by atoms with Crippen LogP contribution >= 0.6 is 0 Å². The van der Waals surface area contributed by atoms with E-state index < -0.39 is 20.2 Å². The maximum absolute atomic E-state index is 12.7. The lowest BCUT2D eigenvalue weighted by Crippen LogP contribution is -2.29. The molecule has 3 aromatic rings. The lowest BCUT2D eigenvalue weighted by molar-refractivity contribution is 0.0993. The number of aryl methyl sites for hydroxylation is 1. The predicted molar refractivity (Wildman–Crippen MR) is 114 cm³/mol. The summed E-state index contributed by atoms with van der Waals surface area (Å²) in [5.74, 6) is -0.109. The van der Waals surface area contributed by atoms with Crippen molar-refractivity contribution >= 4 is 26.6 Å². The van der Waals surface area contributed by atoms with Crippen LogP contribution in [0.3, 0.4) is 0 Å². The van der Waals surface area contributed by atoms with Gasteiger partial charge in [0.1, 0.15) is 5.58 Å². The molecule has 0 saturated carbocycles. The first-order valence-electron chi connectivity index (χ1n) is 9.34. The molecule has 0 spiro atoms. The first-order chi connectivity index (χ1) is 13.5. The standard InChI is InChI=1S/C23H24O5S/c1-15-11-17(6-7-19(15)14-29(26,27)23(2,3)4)20(24)13-16-5-9-21-18(12-16)8-10-22(25)28-21/h5-12H,13-14H2,1-4H3. The van der Waals surface area contributed by atoms with Crippen LogP contribution < -0.4 is 5.63 Å². The first-order valence-corrected chi connectivity index (χ1v) is 11.0. The van der Waals surface area contributed by atoms with Crippen LogP contribution in [-0.4, -0.2) is 18.9 Å². The van der Waals surface area contributed by atoms with Gasteiger partial charge in [-0.05, 0) is 68.7 Å². The van der Waals surface area contributed by atoms with E-state index in [0.717, 1.165) is 16.5 Å². The summed E-state index contributed by atoms with van der Waals surface area (Å²) in [6.07, 6.45) is 0.203. The molecule has 0 N–H and O–H groups in total. The Bertz CT molecular complexity index is 1240. The number of benzene rings is 2. The molecule has 1 heterocycles. The predicted octanol–water partition coefficient (Wildman–Crippen LogP) is 4.24. The van der Waals surface area contributed by atoms with Crippen molar-refractivity contribution in [2.75, 3.05) is 0 Å². The van der Waals surface area contributed by atoms with Crippen LogP contribution in [-0.2, 0) is 22.0 Å². The van der Waals surface area contributed by atoms with Crippen molar-refractivity contribution in [2.45, 2.75) is 44.6 Å². The highest BCUT2D eigenvalue weighted by Gasteiger charge is 2.29. The van der Waals surface area contributed by atoms with E-state index in [2.05, 4.69) is 0 Å². The van der Waals surface area contributed by atoms with Gasteiger partial charge in [0.25, 0.3) is 0 Å².